The number of fused-ring (bicyclic) bond motifs is 1. The summed E-state index contributed by atoms with van der Waals surface area (Å²) in [6, 6.07) is 0. The van der Waals surface area contributed by atoms with Gasteiger partial charge in [0.05, 0.1) is 5.69 Å². The molecule has 19 heavy (non-hydrogen) atoms. The van der Waals surface area contributed by atoms with Crippen LogP contribution >= 0.6 is 0 Å². The molecule has 1 amide bonds. The number of rotatable bonds is 5. The Morgan fingerprint density at radius 1 is 1.42 bits per heavy atom. The molecule has 2 heterocycles. The van der Waals surface area contributed by atoms with Gasteiger partial charge < -0.3 is 5.32 Å². The summed E-state index contributed by atoms with van der Waals surface area (Å²) in [6.07, 6.45) is 3.71. The van der Waals surface area contributed by atoms with Gasteiger partial charge in [0.1, 0.15) is 6.33 Å². The molecule has 0 saturated carbocycles. The molecule has 0 aliphatic rings. The largest absolute Gasteiger partial charge is 0.356 e. The minimum atomic E-state index is 0.0852. The van der Waals surface area contributed by atoms with Gasteiger partial charge in [-0.3, -0.25) is 4.79 Å². The average Bonchev–Trinajstić information content (AvgIpc) is 2.84. The summed E-state index contributed by atoms with van der Waals surface area (Å²) in [5.41, 5.74) is 3.82. The smallest absolute Gasteiger partial charge is 0.220 e. The fraction of sp³-hybridized carbons (Fsp3) is 0.538. The molecule has 0 atom stereocenters. The second-order valence-electron chi connectivity index (χ2n) is 4.64. The standard InChI is InChI=1S/C13H19N5O/c1-4-7-14-12(19)6-5-11-9(2)13-16-15-8-18(13)17-10(11)3/h8H,4-7H2,1-3H3,(H,14,19). The summed E-state index contributed by atoms with van der Waals surface area (Å²) >= 11 is 0. The van der Waals surface area contributed by atoms with E-state index in [0.717, 1.165) is 35.4 Å². The molecule has 0 fully saturated rings. The normalized spacial score (nSPS) is 10.9. The summed E-state index contributed by atoms with van der Waals surface area (Å²) in [5.74, 6) is 0.0852. The van der Waals surface area contributed by atoms with E-state index in [4.69, 9.17) is 0 Å². The number of carbonyl (C=O) groups excluding carboxylic acids is 1. The first-order chi connectivity index (χ1) is 9.13. The van der Waals surface area contributed by atoms with E-state index < -0.39 is 0 Å². The molecule has 0 aliphatic heterocycles. The van der Waals surface area contributed by atoms with Gasteiger partial charge in [0.2, 0.25) is 5.91 Å². The van der Waals surface area contributed by atoms with Crippen molar-refractivity contribution in [2.75, 3.05) is 6.54 Å². The Bertz CT molecular complexity index is 590. The minimum Gasteiger partial charge on any atom is -0.356 e. The molecule has 0 saturated heterocycles. The van der Waals surface area contributed by atoms with E-state index in [1.165, 1.54) is 0 Å². The van der Waals surface area contributed by atoms with Gasteiger partial charge >= 0.3 is 0 Å². The molecule has 0 radical (unpaired) electrons. The zero-order chi connectivity index (χ0) is 13.8. The van der Waals surface area contributed by atoms with Gasteiger partial charge in [-0.15, -0.1) is 10.2 Å². The Morgan fingerprint density at radius 2 is 2.21 bits per heavy atom. The molecule has 2 aromatic heterocycles. The predicted octanol–water partition coefficient (Wildman–Crippen LogP) is 1.20. The Balaban J connectivity index is 2.14. The van der Waals surface area contributed by atoms with E-state index in [0.29, 0.717) is 12.8 Å². The number of hydrogen-bond donors (Lipinski definition) is 1. The van der Waals surface area contributed by atoms with Gasteiger partial charge in [-0.1, -0.05) is 6.92 Å². The van der Waals surface area contributed by atoms with Crippen LogP contribution in [0.5, 0.6) is 0 Å². The SMILES string of the molecule is CCCNC(=O)CCc1c(C)nn2cnnc2c1C. The number of carbonyl (C=O) groups is 1. The fourth-order valence-electron chi connectivity index (χ4n) is 2.14. The molecule has 2 aromatic rings. The highest BCUT2D eigenvalue weighted by Crippen LogP contribution is 2.17. The lowest BCUT2D eigenvalue weighted by atomic mass is 10.0. The molecule has 0 aromatic carbocycles. The molecule has 0 aliphatic carbocycles. The highest BCUT2D eigenvalue weighted by molar-refractivity contribution is 5.76. The van der Waals surface area contributed by atoms with Crippen molar-refractivity contribution in [3.63, 3.8) is 0 Å². The Kier molecular flexibility index (Phi) is 4.09. The molecule has 0 unspecified atom stereocenters. The lowest BCUT2D eigenvalue weighted by Gasteiger charge is -2.10. The van der Waals surface area contributed by atoms with Crippen LogP contribution in [0.4, 0.5) is 0 Å². The summed E-state index contributed by atoms with van der Waals surface area (Å²) in [7, 11) is 0. The first kappa shape index (κ1) is 13.5. The van der Waals surface area contributed by atoms with Crippen LogP contribution in [0.25, 0.3) is 5.65 Å². The number of aryl methyl sites for hydroxylation is 2. The number of nitrogens with one attached hydrogen (secondary N) is 1. The van der Waals surface area contributed by atoms with Crippen LogP contribution < -0.4 is 5.32 Å². The van der Waals surface area contributed by atoms with Crippen LogP contribution in [0.2, 0.25) is 0 Å². The predicted molar refractivity (Wildman–Crippen MR) is 71.9 cm³/mol. The molecule has 2 rings (SSSR count). The van der Waals surface area contributed by atoms with Gasteiger partial charge in [0, 0.05) is 18.5 Å². The van der Waals surface area contributed by atoms with Gasteiger partial charge in [-0.05, 0) is 32.3 Å². The van der Waals surface area contributed by atoms with Gasteiger partial charge in [-0.2, -0.15) is 5.10 Å². The maximum atomic E-state index is 11.6. The van der Waals surface area contributed by atoms with Gasteiger partial charge in [-0.25, -0.2) is 4.52 Å². The summed E-state index contributed by atoms with van der Waals surface area (Å²) in [6.45, 7) is 6.72. The summed E-state index contributed by atoms with van der Waals surface area (Å²) in [4.78, 5) is 11.6. The van der Waals surface area contributed by atoms with E-state index in [2.05, 4.69) is 20.6 Å². The summed E-state index contributed by atoms with van der Waals surface area (Å²) < 4.78 is 1.67. The summed E-state index contributed by atoms with van der Waals surface area (Å²) in [5, 5.41) is 15.2. The maximum Gasteiger partial charge on any atom is 0.220 e. The van der Waals surface area contributed by atoms with Crippen LogP contribution in [-0.4, -0.2) is 32.3 Å². The highest BCUT2D eigenvalue weighted by atomic mass is 16.1. The van der Waals surface area contributed by atoms with E-state index in [1.807, 2.05) is 20.8 Å². The highest BCUT2D eigenvalue weighted by Gasteiger charge is 2.12. The van der Waals surface area contributed by atoms with Crippen LogP contribution in [0, 0.1) is 13.8 Å². The monoisotopic (exact) mass is 261 g/mol. The first-order valence-corrected chi connectivity index (χ1v) is 6.56. The van der Waals surface area contributed by atoms with Gasteiger partial charge in [0.15, 0.2) is 5.65 Å². The zero-order valence-electron chi connectivity index (χ0n) is 11.6. The topological polar surface area (TPSA) is 72.2 Å². The van der Waals surface area contributed by atoms with Crippen molar-refractivity contribution in [3.8, 4) is 0 Å². The number of nitrogens with zero attached hydrogens (tertiary/aromatic N) is 4. The van der Waals surface area contributed by atoms with Crippen molar-refractivity contribution < 1.29 is 4.79 Å². The van der Waals surface area contributed by atoms with E-state index >= 15 is 0 Å². The average molecular weight is 261 g/mol. The third kappa shape index (κ3) is 2.89. The third-order valence-electron chi connectivity index (χ3n) is 3.19. The van der Waals surface area contributed by atoms with Crippen molar-refractivity contribution in [2.24, 2.45) is 0 Å². The Hall–Kier alpha value is -1.98. The Labute approximate surface area is 112 Å². The Morgan fingerprint density at radius 3 is 2.95 bits per heavy atom. The zero-order valence-corrected chi connectivity index (χ0v) is 11.6. The van der Waals surface area contributed by atoms with Crippen LogP contribution in [-0.2, 0) is 11.2 Å². The molecular weight excluding hydrogens is 242 g/mol. The molecule has 6 heteroatoms. The quantitative estimate of drug-likeness (QED) is 0.877. The van der Waals surface area contributed by atoms with Crippen molar-refractivity contribution in [3.05, 3.63) is 23.1 Å². The van der Waals surface area contributed by atoms with Crippen LogP contribution in [0.15, 0.2) is 6.33 Å². The fourth-order valence-corrected chi connectivity index (χ4v) is 2.14. The maximum absolute atomic E-state index is 11.6. The van der Waals surface area contributed by atoms with Crippen molar-refractivity contribution in [1.82, 2.24) is 25.1 Å². The lowest BCUT2D eigenvalue weighted by Crippen LogP contribution is -2.24. The van der Waals surface area contributed by atoms with Crippen molar-refractivity contribution in [2.45, 2.75) is 40.0 Å². The lowest BCUT2D eigenvalue weighted by molar-refractivity contribution is -0.121. The first-order valence-electron chi connectivity index (χ1n) is 6.56. The molecule has 6 nitrogen and oxygen atoms in total. The van der Waals surface area contributed by atoms with Gasteiger partial charge in [0.25, 0.3) is 0 Å². The number of amides is 1. The third-order valence-corrected chi connectivity index (χ3v) is 3.19. The van der Waals surface area contributed by atoms with E-state index in [-0.39, 0.29) is 5.91 Å². The van der Waals surface area contributed by atoms with Crippen LogP contribution in [0.3, 0.4) is 0 Å². The number of aromatic nitrogens is 4. The molecule has 1 N–H and O–H groups in total. The molecule has 102 valence electrons. The number of hydrogen-bond acceptors (Lipinski definition) is 4. The molecule has 0 bridgehead atoms. The van der Waals surface area contributed by atoms with Crippen LogP contribution in [0.1, 0.15) is 36.6 Å². The second kappa shape index (κ2) is 5.77. The molecular formula is C13H19N5O. The van der Waals surface area contributed by atoms with E-state index in [1.54, 1.807) is 10.8 Å². The minimum absolute atomic E-state index is 0.0852. The van der Waals surface area contributed by atoms with E-state index in [9.17, 15) is 4.79 Å². The molecule has 0 spiro atoms. The van der Waals surface area contributed by atoms with Crippen molar-refractivity contribution in [1.29, 1.82) is 0 Å². The van der Waals surface area contributed by atoms with Crippen molar-refractivity contribution >= 4 is 11.6 Å². The second-order valence-corrected chi connectivity index (χ2v) is 4.64.